The third kappa shape index (κ3) is 8.21. The molecule has 1 aliphatic heterocycles. The summed E-state index contributed by atoms with van der Waals surface area (Å²) in [5.74, 6) is 1.04. The third-order valence-electron chi connectivity index (χ3n) is 6.62. The zero-order valence-electron chi connectivity index (χ0n) is 21.6. The quantitative estimate of drug-likeness (QED) is 0.334. The van der Waals surface area contributed by atoms with Gasteiger partial charge in [0.1, 0.15) is 36.1 Å². The molecule has 0 spiro atoms. The highest BCUT2D eigenvalue weighted by Gasteiger charge is 2.23. The molecule has 0 bridgehead atoms. The number of hydrogen-bond donors (Lipinski definition) is 0. The second-order valence-corrected chi connectivity index (χ2v) is 9.71. The van der Waals surface area contributed by atoms with E-state index in [9.17, 15) is 9.59 Å². The fourth-order valence-electron chi connectivity index (χ4n) is 4.57. The van der Waals surface area contributed by atoms with Crippen LogP contribution in [0.3, 0.4) is 0 Å². The summed E-state index contributed by atoms with van der Waals surface area (Å²) in [5, 5.41) is 0. The van der Waals surface area contributed by atoms with Gasteiger partial charge in [-0.15, -0.1) is 0 Å². The number of ether oxygens (including phenoxy) is 3. The number of esters is 1. The zero-order chi connectivity index (χ0) is 25.9. The lowest BCUT2D eigenvalue weighted by atomic mass is 9.98. The van der Waals surface area contributed by atoms with E-state index in [-0.39, 0.29) is 12.1 Å². The summed E-state index contributed by atoms with van der Waals surface area (Å²) in [7, 11) is 0. The van der Waals surface area contributed by atoms with Crippen molar-refractivity contribution in [2.45, 2.75) is 77.6 Å². The molecule has 0 aliphatic carbocycles. The normalized spacial score (nSPS) is 17.3. The number of carbonyl (C=O) groups is 2. The number of hydrogen-bond acceptors (Lipinski definition) is 5. The number of carbonyl (C=O) groups excluding carboxylic acids is 2. The van der Waals surface area contributed by atoms with Gasteiger partial charge in [0.05, 0.1) is 6.10 Å². The standard InChI is InChI=1S/C32H36O5/c1-24-12-11-19-28(33)18-10-4-9-17-27-20-29(35-22-25-13-5-2-6-14-25)21-30(31(27)32(34)37-24)36-23-26-15-7-3-8-16-26/h2-3,5-8,13-16,20-21,24H,4,9-12,17-19,22-23H2,1H3. The van der Waals surface area contributed by atoms with E-state index < -0.39 is 0 Å². The van der Waals surface area contributed by atoms with Crippen molar-refractivity contribution < 1.29 is 23.8 Å². The van der Waals surface area contributed by atoms with E-state index in [2.05, 4.69) is 0 Å². The number of benzene rings is 3. The van der Waals surface area contributed by atoms with Gasteiger partial charge in [0.2, 0.25) is 0 Å². The van der Waals surface area contributed by atoms with E-state index in [0.29, 0.717) is 61.7 Å². The molecular formula is C32H36O5. The fourth-order valence-corrected chi connectivity index (χ4v) is 4.57. The van der Waals surface area contributed by atoms with Gasteiger partial charge in [-0.2, -0.15) is 0 Å². The molecule has 3 aromatic carbocycles. The molecule has 1 heterocycles. The number of cyclic esters (lactones) is 1. The van der Waals surface area contributed by atoms with Crippen molar-refractivity contribution >= 4 is 11.8 Å². The van der Waals surface area contributed by atoms with E-state index in [1.165, 1.54) is 0 Å². The van der Waals surface area contributed by atoms with Gasteiger partial charge in [-0.25, -0.2) is 4.79 Å². The fraction of sp³-hybridized carbons (Fsp3) is 0.375. The maximum Gasteiger partial charge on any atom is 0.342 e. The van der Waals surface area contributed by atoms with Crippen LogP contribution in [0.25, 0.3) is 0 Å². The lowest BCUT2D eigenvalue weighted by Gasteiger charge is -2.20. The first-order chi connectivity index (χ1) is 18.1. The smallest absolute Gasteiger partial charge is 0.342 e. The highest BCUT2D eigenvalue weighted by atomic mass is 16.5. The molecule has 0 fully saturated rings. The van der Waals surface area contributed by atoms with Crippen molar-refractivity contribution in [3.05, 3.63) is 95.1 Å². The Bertz CT molecular complexity index is 1160. The molecule has 0 N–H and O–H groups in total. The first-order valence-electron chi connectivity index (χ1n) is 13.3. The van der Waals surface area contributed by atoms with Crippen LogP contribution < -0.4 is 9.47 Å². The van der Waals surface area contributed by atoms with Gasteiger partial charge in [-0.1, -0.05) is 67.1 Å². The van der Waals surface area contributed by atoms with Crippen LogP contribution in [0, 0.1) is 0 Å². The van der Waals surface area contributed by atoms with Crippen molar-refractivity contribution in [1.82, 2.24) is 0 Å². The van der Waals surface area contributed by atoms with Gasteiger partial charge in [0.15, 0.2) is 0 Å². The van der Waals surface area contributed by atoms with E-state index in [0.717, 1.165) is 42.4 Å². The lowest BCUT2D eigenvalue weighted by molar-refractivity contribution is -0.119. The Labute approximate surface area is 219 Å². The minimum atomic E-state index is -0.386. The predicted molar refractivity (Wildman–Crippen MR) is 144 cm³/mol. The Morgan fingerprint density at radius 1 is 0.757 bits per heavy atom. The lowest BCUT2D eigenvalue weighted by Crippen LogP contribution is -2.18. The Hall–Kier alpha value is -3.60. The van der Waals surface area contributed by atoms with Crippen molar-refractivity contribution in [1.29, 1.82) is 0 Å². The summed E-state index contributed by atoms with van der Waals surface area (Å²) >= 11 is 0. The van der Waals surface area contributed by atoms with Crippen molar-refractivity contribution in [2.24, 2.45) is 0 Å². The largest absolute Gasteiger partial charge is 0.489 e. The molecular weight excluding hydrogens is 464 g/mol. The Morgan fingerprint density at radius 3 is 2.08 bits per heavy atom. The van der Waals surface area contributed by atoms with E-state index in [1.807, 2.05) is 73.7 Å². The van der Waals surface area contributed by atoms with Crippen LogP contribution in [0.5, 0.6) is 11.5 Å². The molecule has 0 radical (unpaired) electrons. The third-order valence-corrected chi connectivity index (χ3v) is 6.62. The van der Waals surface area contributed by atoms with Crippen LogP contribution in [-0.4, -0.2) is 17.9 Å². The summed E-state index contributed by atoms with van der Waals surface area (Å²) < 4.78 is 18.2. The molecule has 0 saturated heterocycles. The summed E-state index contributed by atoms with van der Waals surface area (Å²) in [6.07, 6.45) is 5.60. The number of rotatable bonds is 6. The second kappa shape index (κ2) is 13.6. The van der Waals surface area contributed by atoms with Crippen LogP contribution in [0.15, 0.2) is 72.8 Å². The average Bonchev–Trinajstić information content (AvgIpc) is 2.91. The maximum atomic E-state index is 13.5. The molecule has 4 rings (SSSR count). The number of aryl methyl sites for hydroxylation is 1. The van der Waals surface area contributed by atoms with E-state index >= 15 is 0 Å². The molecule has 0 saturated carbocycles. The molecule has 194 valence electrons. The molecule has 5 nitrogen and oxygen atoms in total. The monoisotopic (exact) mass is 500 g/mol. The SMILES string of the molecule is CC1CCCC(=O)CCCCCc2cc(OCc3ccccc3)cc(OCc3ccccc3)c2C(=O)O1. The van der Waals surface area contributed by atoms with Crippen molar-refractivity contribution in [3.8, 4) is 11.5 Å². The molecule has 0 aromatic heterocycles. The Balaban J connectivity index is 1.64. The topological polar surface area (TPSA) is 61.8 Å². The first kappa shape index (κ1) is 26.5. The molecule has 5 heteroatoms. The minimum absolute atomic E-state index is 0.285. The van der Waals surface area contributed by atoms with Gasteiger partial charge in [-0.05, 0) is 61.8 Å². The molecule has 3 aromatic rings. The van der Waals surface area contributed by atoms with E-state index in [4.69, 9.17) is 14.2 Å². The minimum Gasteiger partial charge on any atom is -0.489 e. The van der Waals surface area contributed by atoms with Crippen molar-refractivity contribution in [3.63, 3.8) is 0 Å². The summed E-state index contributed by atoms with van der Waals surface area (Å²) in [4.78, 5) is 25.6. The van der Waals surface area contributed by atoms with Crippen LogP contribution in [0.2, 0.25) is 0 Å². The molecule has 1 aliphatic rings. The van der Waals surface area contributed by atoms with Gasteiger partial charge in [0, 0.05) is 18.9 Å². The Morgan fingerprint density at radius 2 is 1.38 bits per heavy atom. The number of fused-ring (bicyclic) bond motifs is 1. The maximum absolute atomic E-state index is 13.5. The average molecular weight is 501 g/mol. The Kier molecular flexibility index (Phi) is 9.75. The highest BCUT2D eigenvalue weighted by molar-refractivity contribution is 5.94. The molecule has 1 atom stereocenters. The van der Waals surface area contributed by atoms with Gasteiger partial charge in [0.25, 0.3) is 0 Å². The second-order valence-electron chi connectivity index (χ2n) is 9.71. The van der Waals surface area contributed by atoms with Gasteiger partial charge >= 0.3 is 5.97 Å². The first-order valence-corrected chi connectivity index (χ1v) is 13.3. The summed E-state index contributed by atoms with van der Waals surface area (Å²) in [6.45, 7) is 2.64. The van der Waals surface area contributed by atoms with E-state index in [1.54, 1.807) is 6.07 Å². The van der Waals surface area contributed by atoms with Crippen LogP contribution in [0.4, 0.5) is 0 Å². The molecule has 1 unspecified atom stereocenters. The van der Waals surface area contributed by atoms with Crippen molar-refractivity contribution in [2.75, 3.05) is 0 Å². The number of ketones is 1. The van der Waals surface area contributed by atoms with Crippen LogP contribution >= 0.6 is 0 Å². The summed E-state index contributed by atoms with van der Waals surface area (Å²) in [5.41, 5.74) is 3.41. The molecule has 37 heavy (non-hydrogen) atoms. The molecule has 0 amide bonds. The van der Waals surface area contributed by atoms with Gasteiger partial charge in [-0.3, -0.25) is 4.79 Å². The van der Waals surface area contributed by atoms with Crippen LogP contribution in [0.1, 0.15) is 78.9 Å². The predicted octanol–water partition coefficient (Wildman–Crippen LogP) is 7.25. The zero-order valence-corrected chi connectivity index (χ0v) is 21.6. The number of Topliss-reactive ketones (excluding diaryl/α,β-unsaturated/α-hetero) is 1. The summed E-state index contributed by atoms with van der Waals surface area (Å²) in [6, 6.07) is 23.6. The van der Waals surface area contributed by atoms with Gasteiger partial charge < -0.3 is 14.2 Å². The highest BCUT2D eigenvalue weighted by Crippen LogP contribution is 2.33. The van der Waals surface area contributed by atoms with Crippen LogP contribution in [-0.2, 0) is 29.2 Å².